The van der Waals surface area contributed by atoms with Gasteiger partial charge in [0.2, 0.25) is 0 Å². The zero-order valence-electron chi connectivity index (χ0n) is 5.73. The molecule has 1 rings (SSSR count). The van der Waals surface area contributed by atoms with Crippen molar-refractivity contribution in [2.75, 3.05) is 0 Å². The Labute approximate surface area is 66.9 Å². The molecular formula is C4H7N3O2S2. The first-order chi connectivity index (χ1) is 5.04. The van der Waals surface area contributed by atoms with Crippen LogP contribution in [-0.4, -0.2) is 13.6 Å². The molecule has 5 nitrogen and oxygen atoms in total. The predicted molar refractivity (Wildman–Crippen MR) is 44.8 cm³/mol. The minimum atomic E-state index is -2.28. The number of allylic oxidation sites excluding steroid dienone is 1. The van der Waals surface area contributed by atoms with Crippen molar-refractivity contribution in [2.24, 2.45) is 16.5 Å². The van der Waals surface area contributed by atoms with E-state index >= 15 is 0 Å². The summed E-state index contributed by atoms with van der Waals surface area (Å²) < 4.78 is 21.0. The van der Waals surface area contributed by atoms with E-state index in [9.17, 15) is 8.42 Å². The van der Waals surface area contributed by atoms with Gasteiger partial charge in [-0.1, -0.05) is 0 Å². The number of nitrogens with two attached hydrogens (primary N) is 2. The number of rotatable bonds is 0. The fourth-order valence-corrected chi connectivity index (χ4v) is 3.03. The number of hydrogen-bond acceptors (Lipinski definition) is 5. The minimum absolute atomic E-state index is 0.0772. The Morgan fingerprint density at radius 2 is 2.00 bits per heavy atom. The van der Waals surface area contributed by atoms with E-state index in [1.165, 1.54) is 0 Å². The van der Waals surface area contributed by atoms with Crippen LogP contribution in [-0.2, 0) is 18.7 Å². The van der Waals surface area contributed by atoms with Crippen LogP contribution in [0, 0.1) is 0 Å². The molecule has 7 heteroatoms. The number of aliphatic imine (C=N–C) groups is 1. The summed E-state index contributed by atoms with van der Waals surface area (Å²) in [7, 11) is -3.48. The van der Waals surface area contributed by atoms with Crippen molar-refractivity contribution in [3.8, 4) is 0 Å². The first-order valence-electron chi connectivity index (χ1n) is 2.68. The molecule has 1 atom stereocenters. The van der Waals surface area contributed by atoms with Crippen LogP contribution in [0.4, 0.5) is 0 Å². The van der Waals surface area contributed by atoms with Gasteiger partial charge < -0.3 is 11.5 Å². The molecule has 0 spiro atoms. The van der Waals surface area contributed by atoms with E-state index in [1.54, 1.807) is 6.92 Å². The fourth-order valence-electron chi connectivity index (χ4n) is 0.652. The highest BCUT2D eigenvalue weighted by Gasteiger charge is 2.17. The van der Waals surface area contributed by atoms with Crippen LogP contribution >= 0.6 is 0 Å². The average Bonchev–Trinajstić information content (AvgIpc) is 2.07. The average molecular weight is 193 g/mol. The van der Waals surface area contributed by atoms with E-state index in [0.717, 1.165) is 0 Å². The van der Waals surface area contributed by atoms with Crippen LogP contribution in [0.15, 0.2) is 15.7 Å². The van der Waals surface area contributed by atoms with Gasteiger partial charge in [-0.15, -0.1) is 0 Å². The maximum Gasteiger partial charge on any atom is 0.254 e. The van der Waals surface area contributed by atoms with Crippen molar-refractivity contribution in [3.63, 3.8) is 0 Å². The Hall–Kier alpha value is -0.820. The van der Waals surface area contributed by atoms with Crippen LogP contribution in [0.1, 0.15) is 6.92 Å². The molecule has 0 saturated heterocycles. The Balaban J connectivity index is 3.46. The molecule has 0 saturated carbocycles. The fraction of sp³-hybridized carbons (Fsp3) is 0.250. The van der Waals surface area contributed by atoms with Crippen LogP contribution < -0.4 is 11.5 Å². The molecular weight excluding hydrogens is 186 g/mol. The molecule has 0 amide bonds. The third kappa shape index (κ3) is 1.29. The van der Waals surface area contributed by atoms with Crippen molar-refractivity contribution in [3.05, 3.63) is 10.7 Å². The third-order valence-corrected chi connectivity index (χ3v) is 4.47. The summed E-state index contributed by atoms with van der Waals surface area (Å²) in [5.41, 5.74) is 11.2. The zero-order chi connectivity index (χ0) is 8.59. The van der Waals surface area contributed by atoms with E-state index in [0.29, 0.717) is 5.70 Å². The van der Waals surface area contributed by atoms with Gasteiger partial charge in [-0.3, -0.25) is 0 Å². The van der Waals surface area contributed by atoms with Gasteiger partial charge in [0.25, 0.3) is 9.26 Å². The molecule has 11 heavy (non-hydrogen) atoms. The maximum atomic E-state index is 10.5. The molecule has 0 fully saturated rings. The summed E-state index contributed by atoms with van der Waals surface area (Å²) in [5.74, 6) is 0. The van der Waals surface area contributed by atoms with Crippen molar-refractivity contribution in [1.82, 2.24) is 0 Å². The molecule has 0 aromatic heterocycles. The Morgan fingerprint density at radius 3 is 2.18 bits per heavy atom. The highest BCUT2D eigenvalue weighted by atomic mass is 32.9. The third-order valence-electron chi connectivity index (χ3n) is 1.16. The van der Waals surface area contributed by atoms with Gasteiger partial charge in [-0.05, 0) is 6.92 Å². The van der Waals surface area contributed by atoms with Gasteiger partial charge >= 0.3 is 0 Å². The van der Waals surface area contributed by atoms with E-state index < -0.39 is 18.7 Å². The molecule has 1 aliphatic rings. The lowest BCUT2D eigenvalue weighted by Gasteiger charge is -1.92. The molecule has 62 valence electrons. The largest absolute Gasteiger partial charge is 0.391 e. The highest BCUT2D eigenvalue weighted by molar-refractivity contribution is 8.43. The van der Waals surface area contributed by atoms with Crippen molar-refractivity contribution in [2.45, 2.75) is 6.92 Å². The summed E-state index contributed by atoms with van der Waals surface area (Å²) >= 11 is 0. The summed E-state index contributed by atoms with van der Waals surface area (Å²) in [5, 5.41) is 0.323. The molecule has 0 aromatic rings. The van der Waals surface area contributed by atoms with Crippen LogP contribution in [0.5, 0.6) is 0 Å². The van der Waals surface area contributed by atoms with Gasteiger partial charge in [0.05, 0.1) is 5.70 Å². The van der Waals surface area contributed by atoms with Crippen LogP contribution in [0.2, 0.25) is 0 Å². The summed E-state index contributed by atoms with van der Waals surface area (Å²) in [4.78, 5) is 3.74. The molecule has 4 N–H and O–H groups in total. The second-order valence-electron chi connectivity index (χ2n) is 1.87. The predicted octanol–water partition coefficient (Wildman–Crippen LogP) is -1.13. The van der Waals surface area contributed by atoms with Crippen LogP contribution in [0.25, 0.3) is 0 Å². The SMILES string of the molecule is CC1=C(N)S(=S(=O)=O)C(N)=N1. The number of amidine groups is 1. The monoisotopic (exact) mass is 193 g/mol. The van der Waals surface area contributed by atoms with Gasteiger partial charge in [0.15, 0.2) is 5.17 Å². The van der Waals surface area contributed by atoms with E-state index in [2.05, 4.69) is 4.99 Å². The first-order valence-corrected chi connectivity index (χ1v) is 5.50. The minimum Gasteiger partial charge on any atom is -0.391 e. The lowest BCUT2D eigenvalue weighted by Crippen LogP contribution is -2.18. The summed E-state index contributed by atoms with van der Waals surface area (Å²) in [6, 6.07) is 0. The topological polar surface area (TPSA) is 98.5 Å². The standard InChI is InChI=1S/C4H7N3O2S2/c1-2-3(5)10(11(8)9)4(6)7-2/h5H2,1H3,(H2,6,7). The molecule has 1 unspecified atom stereocenters. The van der Waals surface area contributed by atoms with Crippen molar-refractivity contribution in [1.29, 1.82) is 0 Å². The maximum absolute atomic E-state index is 10.5. The highest BCUT2D eigenvalue weighted by Crippen LogP contribution is 2.13. The number of nitrogens with zero attached hydrogens (tertiary/aromatic N) is 1. The summed E-state index contributed by atoms with van der Waals surface area (Å²) in [6.45, 7) is 1.63. The molecule has 0 aliphatic carbocycles. The lowest BCUT2D eigenvalue weighted by atomic mass is 10.6. The number of hydrogen-bond donors (Lipinski definition) is 2. The lowest BCUT2D eigenvalue weighted by molar-refractivity contribution is 0.628. The van der Waals surface area contributed by atoms with Crippen molar-refractivity contribution < 1.29 is 8.42 Å². The van der Waals surface area contributed by atoms with E-state index in [1.807, 2.05) is 0 Å². The normalized spacial score (nSPS) is 23.7. The van der Waals surface area contributed by atoms with Crippen LogP contribution in [0.3, 0.4) is 0 Å². The Kier molecular flexibility index (Phi) is 2.01. The zero-order valence-corrected chi connectivity index (χ0v) is 7.37. The smallest absolute Gasteiger partial charge is 0.254 e. The summed E-state index contributed by atoms with van der Waals surface area (Å²) in [6.07, 6.45) is 0. The van der Waals surface area contributed by atoms with Gasteiger partial charge in [0, 0.05) is 9.45 Å². The Morgan fingerprint density at radius 1 is 1.45 bits per heavy atom. The molecule has 1 heterocycles. The second kappa shape index (κ2) is 2.67. The first kappa shape index (κ1) is 8.28. The molecule has 0 aromatic carbocycles. The van der Waals surface area contributed by atoms with E-state index in [-0.39, 0.29) is 10.2 Å². The quantitative estimate of drug-likeness (QED) is 0.508. The van der Waals surface area contributed by atoms with Gasteiger partial charge in [-0.2, -0.15) is 8.42 Å². The van der Waals surface area contributed by atoms with Gasteiger partial charge in [0.1, 0.15) is 5.03 Å². The Bertz CT molecular complexity index is 382. The molecule has 1 aliphatic heterocycles. The van der Waals surface area contributed by atoms with Crippen molar-refractivity contribution >= 4 is 23.9 Å². The van der Waals surface area contributed by atoms with E-state index in [4.69, 9.17) is 11.5 Å². The molecule has 0 bridgehead atoms. The second-order valence-corrected chi connectivity index (χ2v) is 5.49. The molecule has 0 radical (unpaired) electrons. The van der Waals surface area contributed by atoms with Gasteiger partial charge in [-0.25, -0.2) is 4.99 Å².